The van der Waals surface area contributed by atoms with Gasteiger partial charge in [-0.15, -0.1) is 5.10 Å². The van der Waals surface area contributed by atoms with Crippen LogP contribution in [0.3, 0.4) is 0 Å². The predicted octanol–water partition coefficient (Wildman–Crippen LogP) is 2.15. The number of fused-ring (bicyclic) bond motifs is 3. The van der Waals surface area contributed by atoms with Gasteiger partial charge in [0.15, 0.2) is 5.65 Å². The van der Waals surface area contributed by atoms with Gasteiger partial charge in [-0.1, -0.05) is 19.1 Å². The van der Waals surface area contributed by atoms with Crippen molar-refractivity contribution in [2.24, 2.45) is 0 Å². The van der Waals surface area contributed by atoms with Crippen LogP contribution in [0.2, 0.25) is 0 Å². The Balaban J connectivity index is 2.56. The molecule has 4 nitrogen and oxygen atoms in total. The smallest absolute Gasteiger partial charge is 0.167 e. The van der Waals surface area contributed by atoms with E-state index in [-0.39, 0.29) is 0 Å². The summed E-state index contributed by atoms with van der Waals surface area (Å²) in [5.41, 5.74) is 1.89. The van der Waals surface area contributed by atoms with Gasteiger partial charge in [-0.3, -0.25) is 0 Å². The second-order valence-corrected chi connectivity index (χ2v) is 3.79. The Morgan fingerprint density at radius 3 is 2.81 bits per heavy atom. The normalized spacial score (nSPS) is 11.4. The Morgan fingerprint density at radius 2 is 2.00 bits per heavy atom. The Kier molecular flexibility index (Phi) is 1.89. The van der Waals surface area contributed by atoms with Crippen LogP contribution in [0.4, 0.5) is 0 Å². The molecule has 0 spiro atoms. The van der Waals surface area contributed by atoms with Crippen LogP contribution in [0.5, 0.6) is 0 Å². The summed E-state index contributed by atoms with van der Waals surface area (Å²) in [4.78, 5) is 9.06. The molecule has 3 aromatic rings. The monoisotopic (exact) mass is 212 g/mol. The summed E-state index contributed by atoms with van der Waals surface area (Å²) in [7, 11) is 0. The molecule has 0 amide bonds. The number of hydrogen-bond donors (Lipinski definition) is 0. The third kappa shape index (κ3) is 1.19. The third-order valence-electron chi connectivity index (χ3n) is 2.67. The van der Waals surface area contributed by atoms with E-state index < -0.39 is 0 Å². The van der Waals surface area contributed by atoms with Crippen LogP contribution in [-0.4, -0.2) is 19.6 Å². The summed E-state index contributed by atoms with van der Waals surface area (Å²) in [6.07, 6.45) is 0.851. The van der Waals surface area contributed by atoms with Crippen molar-refractivity contribution >= 4 is 16.6 Å². The van der Waals surface area contributed by atoms with Crippen molar-refractivity contribution in [3.05, 3.63) is 35.9 Å². The Morgan fingerprint density at radius 1 is 1.19 bits per heavy atom. The van der Waals surface area contributed by atoms with Gasteiger partial charge in [0.2, 0.25) is 0 Å². The highest BCUT2D eigenvalue weighted by molar-refractivity contribution is 5.91. The maximum Gasteiger partial charge on any atom is 0.167 e. The number of benzene rings is 1. The molecular formula is C12H12N4. The molecule has 16 heavy (non-hydrogen) atoms. The van der Waals surface area contributed by atoms with E-state index in [2.05, 4.69) is 22.0 Å². The van der Waals surface area contributed by atoms with Crippen LogP contribution in [0, 0.1) is 6.92 Å². The van der Waals surface area contributed by atoms with E-state index in [4.69, 9.17) is 0 Å². The van der Waals surface area contributed by atoms with E-state index in [9.17, 15) is 0 Å². The number of aromatic nitrogens is 4. The minimum Gasteiger partial charge on any atom is -0.233 e. The summed E-state index contributed by atoms with van der Waals surface area (Å²) in [6, 6.07) is 8.04. The Bertz CT molecular complexity index is 669. The number of nitrogens with zero attached hydrogens (tertiary/aromatic N) is 4. The maximum atomic E-state index is 4.60. The van der Waals surface area contributed by atoms with Crippen LogP contribution >= 0.6 is 0 Å². The number of rotatable bonds is 1. The first kappa shape index (κ1) is 9.27. The van der Waals surface area contributed by atoms with Crippen LogP contribution in [0.1, 0.15) is 18.6 Å². The van der Waals surface area contributed by atoms with Gasteiger partial charge in [-0.05, 0) is 19.1 Å². The van der Waals surface area contributed by atoms with Gasteiger partial charge < -0.3 is 0 Å². The van der Waals surface area contributed by atoms with Crippen LogP contribution < -0.4 is 0 Å². The molecule has 0 unspecified atom stereocenters. The number of aryl methyl sites for hydroxylation is 2. The van der Waals surface area contributed by atoms with Gasteiger partial charge in [0.25, 0.3) is 0 Å². The summed E-state index contributed by atoms with van der Waals surface area (Å²) in [5, 5.41) is 5.43. The maximum absolute atomic E-state index is 4.60. The molecule has 0 radical (unpaired) electrons. The fraction of sp³-hybridized carbons (Fsp3) is 0.250. The molecule has 0 bridgehead atoms. The van der Waals surface area contributed by atoms with Crippen molar-refractivity contribution in [3.8, 4) is 0 Å². The molecule has 0 fully saturated rings. The van der Waals surface area contributed by atoms with Gasteiger partial charge in [-0.2, -0.15) is 4.52 Å². The van der Waals surface area contributed by atoms with Crippen molar-refractivity contribution in [1.29, 1.82) is 0 Å². The lowest BCUT2D eigenvalue weighted by atomic mass is 10.2. The van der Waals surface area contributed by atoms with Crippen LogP contribution in [0.15, 0.2) is 24.3 Å². The quantitative estimate of drug-likeness (QED) is 0.620. The Labute approximate surface area is 93.0 Å². The third-order valence-corrected chi connectivity index (χ3v) is 2.67. The first-order valence-electron chi connectivity index (χ1n) is 5.40. The molecule has 3 rings (SSSR count). The van der Waals surface area contributed by atoms with Crippen LogP contribution in [0.25, 0.3) is 16.6 Å². The summed E-state index contributed by atoms with van der Waals surface area (Å²) < 4.78 is 1.84. The lowest BCUT2D eigenvalue weighted by molar-refractivity contribution is 0.812. The lowest BCUT2D eigenvalue weighted by Gasteiger charge is -2.03. The van der Waals surface area contributed by atoms with Gasteiger partial charge in [-0.25, -0.2) is 9.97 Å². The van der Waals surface area contributed by atoms with E-state index in [0.29, 0.717) is 0 Å². The van der Waals surface area contributed by atoms with Crippen LogP contribution in [-0.2, 0) is 6.42 Å². The van der Waals surface area contributed by atoms with Crippen molar-refractivity contribution in [2.45, 2.75) is 20.3 Å². The van der Waals surface area contributed by atoms with E-state index in [1.807, 2.05) is 35.7 Å². The SMILES string of the molecule is CCc1nc2ccccc2c2nc(C)nn12. The Hall–Kier alpha value is -1.97. The number of hydrogen-bond acceptors (Lipinski definition) is 3. The van der Waals surface area contributed by atoms with Gasteiger partial charge in [0, 0.05) is 11.8 Å². The van der Waals surface area contributed by atoms with Gasteiger partial charge in [0.05, 0.1) is 5.52 Å². The second-order valence-electron chi connectivity index (χ2n) is 3.79. The molecule has 0 saturated carbocycles. The average molecular weight is 212 g/mol. The lowest BCUT2D eigenvalue weighted by Crippen LogP contribution is -2.02. The fourth-order valence-electron chi connectivity index (χ4n) is 1.94. The largest absolute Gasteiger partial charge is 0.233 e. The minimum atomic E-state index is 0.785. The summed E-state index contributed by atoms with van der Waals surface area (Å²) in [5.74, 6) is 1.74. The van der Waals surface area contributed by atoms with Gasteiger partial charge >= 0.3 is 0 Å². The highest BCUT2D eigenvalue weighted by Crippen LogP contribution is 2.18. The zero-order chi connectivity index (χ0) is 11.1. The van der Waals surface area contributed by atoms with Crippen molar-refractivity contribution in [3.63, 3.8) is 0 Å². The molecule has 0 aliphatic heterocycles. The van der Waals surface area contributed by atoms with Crippen molar-refractivity contribution < 1.29 is 0 Å². The molecule has 4 heteroatoms. The highest BCUT2D eigenvalue weighted by Gasteiger charge is 2.09. The first-order valence-corrected chi connectivity index (χ1v) is 5.40. The minimum absolute atomic E-state index is 0.785. The molecule has 0 aliphatic carbocycles. The number of para-hydroxylation sites is 1. The molecule has 0 N–H and O–H groups in total. The van der Waals surface area contributed by atoms with E-state index >= 15 is 0 Å². The van der Waals surface area contributed by atoms with E-state index in [1.54, 1.807) is 0 Å². The van der Waals surface area contributed by atoms with Gasteiger partial charge in [0.1, 0.15) is 11.6 Å². The molecule has 0 aliphatic rings. The zero-order valence-corrected chi connectivity index (χ0v) is 9.31. The first-order chi connectivity index (χ1) is 7.79. The molecule has 2 heterocycles. The summed E-state index contributed by atoms with van der Waals surface area (Å²) in [6.45, 7) is 3.98. The molecule has 1 aromatic carbocycles. The molecule has 80 valence electrons. The van der Waals surface area contributed by atoms with E-state index in [0.717, 1.165) is 34.6 Å². The predicted molar refractivity (Wildman–Crippen MR) is 62.4 cm³/mol. The summed E-state index contributed by atoms with van der Waals surface area (Å²) >= 11 is 0. The van der Waals surface area contributed by atoms with Crippen molar-refractivity contribution in [2.75, 3.05) is 0 Å². The second kappa shape index (κ2) is 3.27. The van der Waals surface area contributed by atoms with E-state index in [1.165, 1.54) is 0 Å². The van der Waals surface area contributed by atoms with Crippen molar-refractivity contribution in [1.82, 2.24) is 19.6 Å². The standard InChI is InChI=1S/C12H12N4/c1-3-11-14-10-7-5-4-6-9(10)12-13-8(2)15-16(11)12/h4-7H,3H2,1-2H3. The molecular weight excluding hydrogens is 200 g/mol. The zero-order valence-electron chi connectivity index (χ0n) is 9.31. The molecule has 2 aromatic heterocycles. The fourth-order valence-corrected chi connectivity index (χ4v) is 1.94. The average Bonchev–Trinajstić information content (AvgIpc) is 2.69. The highest BCUT2D eigenvalue weighted by atomic mass is 15.3. The topological polar surface area (TPSA) is 43.1 Å². The molecule has 0 atom stereocenters. The molecule has 0 saturated heterocycles.